The monoisotopic (exact) mass is 369 g/mol. The second-order valence-corrected chi connectivity index (χ2v) is 7.46. The molecular weight excluding hydrogens is 346 g/mol. The molecule has 3 amide bonds. The van der Waals surface area contributed by atoms with Crippen LogP contribution in [-0.2, 0) is 0 Å². The minimum Gasteiger partial charge on any atom is -0.324 e. The smallest absolute Gasteiger partial charge is 0.321 e. The van der Waals surface area contributed by atoms with Crippen LogP contribution in [0.1, 0.15) is 22.3 Å². The van der Waals surface area contributed by atoms with E-state index in [1.54, 1.807) is 12.1 Å². The van der Waals surface area contributed by atoms with Gasteiger partial charge in [-0.15, -0.1) is 0 Å². The lowest BCUT2D eigenvalue weighted by molar-refractivity contribution is 0.102. The highest BCUT2D eigenvalue weighted by Crippen LogP contribution is 2.20. The summed E-state index contributed by atoms with van der Waals surface area (Å²) in [5.74, 6) is 1.86. The Kier molecular flexibility index (Phi) is 6.17. The summed E-state index contributed by atoms with van der Waals surface area (Å²) in [5.41, 5.74) is 2.86. The molecule has 5 nitrogen and oxygen atoms in total. The SMILES string of the molecule is Cc1ccc(C(=O)Nc2ccccc2)cc1NC(=O)N1CCCSCC1. The van der Waals surface area contributed by atoms with Gasteiger partial charge in [0.05, 0.1) is 0 Å². The lowest BCUT2D eigenvalue weighted by atomic mass is 10.1. The highest BCUT2D eigenvalue weighted by molar-refractivity contribution is 7.99. The zero-order chi connectivity index (χ0) is 18.4. The van der Waals surface area contributed by atoms with Gasteiger partial charge < -0.3 is 15.5 Å². The van der Waals surface area contributed by atoms with Gasteiger partial charge in [0, 0.05) is 35.8 Å². The van der Waals surface area contributed by atoms with E-state index < -0.39 is 0 Å². The van der Waals surface area contributed by atoms with Gasteiger partial charge in [0.25, 0.3) is 5.91 Å². The van der Waals surface area contributed by atoms with E-state index in [1.165, 1.54) is 0 Å². The predicted molar refractivity (Wildman–Crippen MR) is 108 cm³/mol. The molecule has 3 rings (SSSR count). The van der Waals surface area contributed by atoms with Crippen molar-refractivity contribution in [3.05, 3.63) is 59.7 Å². The first-order valence-electron chi connectivity index (χ1n) is 8.74. The Hall–Kier alpha value is -2.47. The normalized spacial score (nSPS) is 14.4. The number of nitrogens with one attached hydrogen (secondary N) is 2. The van der Waals surface area contributed by atoms with Gasteiger partial charge in [-0.3, -0.25) is 4.79 Å². The number of hydrogen-bond acceptors (Lipinski definition) is 3. The summed E-state index contributed by atoms with van der Waals surface area (Å²) in [6, 6.07) is 14.6. The van der Waals surface area contributed by atoms with Crippen molar-refractivity contribution in [2.75, 3.05) is 35.2 Å². The molecule has 0 unspecified atom stereocenters. The minimum atomic E-state index is -0.196. The number of amides is 3. The first-order valence-corrected chi connectivity index (χ1v) is 9.90. The third-order valence-electron chi connectivity index (χ3n) is 4.28. The fourth-order valence-electron chi connectivity index (χ4n) is 2.77. The Balaban J connectivity index is 1.70. The van der Waals surface area contributed by atoms with Gasteiger partial charge in [0.15, 0.2) is 0 Å². The van der Waals surface area contributed by atoms with Crippen molar-refractivity contribution in [3.8, 4) is 0 Å². The number of carbonyl (C=O) groups excluding carboxylic acids is 2. The number of rotatable bonds is 3. The number of benzene rings is 2. The molecule has 1 aliphatic heterocycles. The van der Waals surface area contributed by atoms with Crippen molar-refractivity contribution in [1.82, 2.24) is 4.90 Å². The molecule has 6 heteroatoms. The fraction of sp³-hybridized carbons (Fsp3) is 0.300. The summed E-state index contributed by atoms with van der Waals surface area (Å²) in [5, 5.41) is 5.83. The molecule has 0 saturated carbocycles. The quantitative estimate of drug-likeness (QED) is 0.852. The highest BCUT2D eigenvalue weighted by Gasteiger charge is 2.17. The molecule has 1 heterocycles. The van der Waals surface area contributed by atoms with Crippen LogP contribution in [-0.4, -0.2) is 41.4 Å². The molecule has 1 fully saturated rings. The van der Waals surface area contributed by atoms with E-state index in [-0.39, 0.29) is 11.9 Å². The van der Waals surface area contributed by atoms with Crippen LogP contribution in [0, 0.1) is 6.92 Å². The van der Waals surface area contributed by atoms with Crippen LogP contribution in [0.15, 0.2) is 48.5 Å². The fourth-order valence-corrected chi connectivity index (χ4v) is 3.65. The number of hydrogen-bond donors (Lipinski definition) is 2. The molecule has 1 aliphatic rings. The predicted octanol–water partition coefficient (Wildman–Crippen LogP) is 4.22. The van der Waals surface area contributed by atoms with E-state index in [2.05, 4.69) is 10.6 Å². The summed E-state index contributed by atoms with van der Waals surface area (Å²) >= 11 is 1.88. The molecule has 0 bridgehead atoms. The van der Waals surface area contributed by atoms with Crippen LogP contribution in [0.5, 0.6) is 0 Å². The van der Waals surface area contributed by atoms with Crippen LogP contribution >= 0.6 is 11.8 Å². The van der Waals surface area contributed by atoms with E-state index in [0.29, 0.717) is 11.3 Å². The maximum Gasteiger partial charge on any atom is 0.321 e. The highest BCUT2D eigenvalue weighted by atomic mass is 32.2. The molecule has 2 aromatic carbocycles. The molecule has 0 aromatic heterocycles. The van der Waals surface area contributed by atoms with Gasteiger partial charge in [-0.2, -0.15) is 11.8 Å². The number of nitrogens with zero attached hydrogens (tertiary/aromatic N) is 1. The summed E-state index contributed by atoms with van der Waals surface area (Å²) in [6.07, 6.45) is 1.01. The summed E-state index contributed by atoms with van der Waals surface area (Å²) in [6.45, 7) is 3.45. The number of aryl methyl sites for hydroxylation is 1. The Morgan fingerprint density at radius 1 is 1.00 bits per heavy atom. The Bertz CT molecular complexity index is 772. The second-order valence-electron chi connectivity index (χ2n) is 6.23. The minimum absolute atomic E-state index is 0.101. The molecule has 2 N–H and O–H groups in total. The van der Waals surface area contributed by atoms with Crippen molar-refractivity contribution in [2.45, 2.75) is 13.3 Å². The van der Waals surface area contributed by atoms with Gasteiger partial charge >= 0.3 is 6.03 Å². The molecule has 2 aromatic rings. The third-order valence-corrected chi connectivity index (χ3v) is 5.33. The first-order chi connectivity index (χ1) is 12.6. The van der Waals surface area contributed by atoms with Crippen molar-refractivity contribution in [2.24, 2.45) is 0 Å². The number of thioether (sulfide) groups is 1. The molecule has 0 aliphatic carbocycles. The lowest BCUT2D eigenvalue weighted by Crippen LogP contribution is -2.36. The molecule has 0 spiro atoms. The second kappa shape index (κ2) is 8.76. The van der Waals surface area contributed by atoms with E-state index in [1.807, 2.05) is 60.0 Å². The zero-order valence-corrected chi connectivity index (χ0v) is 15.6. The van der Waals surface area contributed by atoms with Crippen LogP contribution in [0.3, 0.4) is 0 Å². The average Bonchev–Trinajstić information content (AvgIpc) is 2.94. The average molecular weight is 369 g/mol. The van der Waals surface area contributed by atoms with Crippen molar-refractivity contribution in [3.63, 3.8) is 0 Å². The van der Waals surface area contributed by atoms with Gasteiger partial charge in [-0.25, -0.2) is 4.79 Å². The van der Waals surface area contributed by atoms with E-state index in [9.17, 15) is 9.59 Å². The van der Waals surface area contributed by atoms with Crippen molar-refractivity contribution < 1.29 is 9.59 Å². The Morgan fingerprint density at radius 3 is 2.62 bits per heavy atom. The van der Waals surface area contributed by atoms with Crippen LogP contribution in [0.4, 0.5) is 16.2 Å². The maximum atomic E-state index is 12.5. The van der Waals surface area contributed by atoms with Gasteiger partial charge in [-0.05, 0) is 48.9 Å². The maximum absolute atomic E-state index is 12.5. The first kappa shape index (κ1) is 18.3. The standard InChI is InChI=1S/C20H23N3O2S/c1-15-8-9-16(19(24)21-17-6-3-2-4-7-17)14-18(15)22-20(25)23-10-5-12-26-13-11-23/h2-4,6-9,14H,5,10-13H2,1H3,(H,21,24)(H,22,25). The largest absolute Gasteiger partial charge is 0.324 e. The van der Waals surface area contributed by atoms with Gasteiger partial charge in [0.2, 0.25) is 0 Å². The van der Waals surface area contributed by atoms with Gasteiger partial charge in [0.1, 0.15) is 0 Å². The number of urea groups is 1. The van der Waals surface area contributed by atoms with Crippen molar-refractivity contribution in [1.29, 1.82) is 0 Å². The molecule has 1 saturated heterocycles. The van der Waals surface area contributed by atoms with E-state index in [4.69, 9.17) is 0 Å². The molecule has 26 heavy (non-hydrogen) atoms. The van der Waals surface area contributed by atoms with Gasteiger partial charge in [-0.1, -0.05) is 24.3 Å². The van der Waals surface area contributed by atoms with E-state index in [0.717, 1.165) is 42.3 Å². The van der Waals surface area contributed by atoms with Crippen molar-refractivity contribution >= 4 is 35.1 Å². The number of anilines is 2. The Morgan fingerprint density at radius 2 is 1.81 bits per heavy atom. The van der Waals surface area contributed by atoms with Crippen LogP contribution in [0.25, 0.3) is 0 Å². The number of para-hydroxylation sites is 1. The van der Waals surface area contributed by atoms with E-state index >= 15 is 0 Å². The summed E-state index contributed by atoms with van der Waals surface area (Å²) in [7, 11) is 0. The third kappa shape index (κ3) is 4.79. The molecule has 0 atom stereocenters. The zero-order valence-electron chi connectivity index (χ0n) is 14.8. The van der Waals surface area contributed by atoms with Crippen LogP contribution in [0.2, 0.25) is 0 Å². The summed E-state index contributed by atoms with van der Waals surface area (Å²) < 4.78 is 0. The van der Waals surface area contributed by atoms with Crippen LogP contribution < -0.4 is 10.6 Å². The molecular formula is C20H23N3O2S. The molecule has 0 radical (unpaired) electrons. The topological polar surface area (TPSA) is 61.4 Å². The molecule has 136 valence electrons. The summed E-state index contributed by atoms with van der Waals surface area (Å²) in [4.78, 5) is 26.9. The number of carbonyl (C=O) groups is 2. The lowest BCUT2D eigenvalue weighted by Gasteiger charge is -2.21. The Labute approximate surface area is 158 Å².